The maximum atomic E-state index is 9.92. The lowest BCUT2D eigenvalue weighted by molar-refractivity contribution is 0.953. The van der Waals surface area contributed by atoms with Crippen LogP contribution in [0.25, 0.3) is 100 Å². The van der Waals surface area contributed by atoms with Gasteiger partial charge in [-0.2, -0.15) is 9.97 Å². The molecule has 11 rings (SSSR count). The second-order valence-corrected chi connectivity index (χ2v) is 13.3. The Morgan fingerprint density at radius 3 is 1.45 bits per heavy atom. The highest BCUT2D eigenvalue weighted by Crippen LogP contribution is 2.42. The van der Waals surface area contributed by atoms with Gasteiger partial charge in [0.05, 0.1) is 35.8 Å². The quantitative estimate of drug-likeness (QED) is 0.171. The highest BCUT2D eigenvalue weighted by molar-refractivity contribution is 6.28. The monoisotopic (exact) mass is 725 g/mol. The second kappa shape index (κ2) is 13.0. The van der Waals surface area contributed by atoms with Crippen LogP contribution in [0.15, 0.2) is 200 Å². The summed E-state index contributed by atoms with van der Waals surface area (Å²) in [7, 11) is 0. The molecular weight excluding hydrogens is 683 g/mol. The first-order chi connectivity index (χ1) is 31.9. The fourth-order valence-corrected chi connectivity index (χ4v) is 7.53. The van der Waals surface area contributed by atoms with Gasteiger partial charge >= 0.3 is 0 Å². The largest absolute Gasteiger partial charge is 0.309 e. The van der Waals surface area contributed by atoms with Gasteiger partial charge in [-0.25, -0.2) is 4.98 Å². The van der Waals surface area contributed by atoms with Gasteiger partial charge < -0.3 is 4.57 Å². The van der Waals surface area contributed by atoms with E-state index in [9.17, 15) is 8.22 Å². The summed E-state index contributed by atoms with van der Waals surface area (Å²) in [6, 6.07) is 39.0. The molecule has 56 heavy (non-hydrogen) atoms. The summed E-state index contributed by atoms with van der Waals surface area (Å²) < 4.78 is 96.1. The minimum Gasteiger partial charge on any atom is -0.309 e. The zero-order chi connectivity index (χ0) is 45.7. The lowest BCUT2D eigenvalue weighted by atomic mass is 10.0. The highest BCUT2D eigenvalue weighted by atomic mass is 15.2. The summed E-state index contributed by atoms with van der Waals surface area (Å²) in [5.74, 6) is 0.372. The van der Waals surface area contributed by atoms with Gasteiger partial charge in [0.2, 0.25) is 5.95 Å². The van der Waals surface area contributed by atoms with Crippen LogP contribution in [-0.2, 0) is 0 Å². The Labute approximate surface area is 337 Å². The van der Waals surface area contributed by atoms with Crippen molar-refractivity contribution in [3.05, 3.63) is 200 Å². The Bertz CT molecular complexity index is 3820. The molecule has 0 aliphatic rings. The van der Waals surface area contributed by atoms with Crippen molar-refractivity contribution in [1.82, 2.24) is 24.1 Å². The summed E-state index contributed by atoms with van der Waals surface area (Å²) in [5.41, 5.74) is 5.19. The van der Waals surface area contributed by atoms with E-state index in [-0.39, 0.29) is 73.3 Å². The molecule has 0 atom stereocenters. The van der Waals surface area contributed by atoms with Gasteiger partial charge in [0.25, 0.3) is 0 Å². The molecule has 0 saturated carbocycles. The van der Waals surface area contributed by atoms with E-state index in [1.54, 1.807) is 10.6 Å². The number of benzene rings is 8. The standard InChI is InChI=1S/C51H33N5/c1-4-16-34(17-5-1)37-22-14-24-39(32-37)50-52-49(36-20-8-3-9-21-36)53-51(54-50)56-44-29-13-11-27-42(44)48-46(56)31-30-45-47(48)41-26-10-12-28-43(41)55(45)40-25-15-23-38(33-40)35-18-6-2-7-19-35/h1-33H/i10D,11D,12D,13D,26D,27D,28D,29D,30D,31D. The van der Waals surface area contributed by atoms with Gasteiger partial charge in [0.15, 0.2) is 11.6 Å². The lowest BCUT2D eigenvalue weighted by Crippen LogP contribution is -2.06. The Balaban J connectivity index is 1.33. The number of fused-ring (bicyclic) bond motifs is 7. The molecule has 5 heteroatoms. The maximum absolute atomic E-state index is 9.92. The molecule has 0 radical (unpaired) electrons. The molecule has 0 spiro atoms. The summed E-state index contributed by atoms with van der Waals surface area (Å²) in [6.45, 7) is 0. The molecule has 5 nitrogen and oxygen atoms in total. The zero-order valence-corrected chi connectivity index (χ0v) is 29.5. The van der Waals surface area contributed by atoms with Crippen molar-refractivity contribution < 1.29 is 13.7 Å². The van der Waals surface area contributed by atoms with Crippen molar-refractivity contribution in [1.29, 1.82) is 0 Å². The van der Waals surface area contributed by atoms with Crippen LogP contribution in [0, 0.1) is 0 Å². The van der Waals surface area contributed by atoms with Crippen LogP contribution in [0.1, 0.15) is 13.7 Å². The molecule has 11 aromatic rings. The topological polar surface area (TPSA) is 48.5 Å². The van der Waals surface area contributed by atoms with E-state index in [1.807, 2.05) is 133 Å². The molecule has 0 aliphatic heterocycles. The van der Waals surface area contributed by atoms with Crippen molar-refractivity contribution in [3.8, 4) is 56.7 Å². The van der Waals surface area contributed by atoms with Gasteiger partial charge in [-0.05, 0) is 64.6 Å². The normalized spacial score (nSPS) is 14.1. The molecular formula is C51H33N5. The minimum atomic E-state index is -0.555. The third-order valence-electron chi connectivity index (χ3n) is 10.0. The minimum absolute atomic E-state index is 0.0186. The van der Waals surface area contributed by atoms with Crippen LogP contribution in [-0.4, -0.2) is 24.1 Å². The van der Waals surface area contributed by atoms with Gasteiger partial charge in [-0.1, -0.05) is 158 Å². The van der Waals surface area contributed by atoms with E-state index in [4.69, 9.17) is 20.4 Å². The zero-order valence-electron chi connectivity index (χ0n) is 39.5. The number of aromatic nitrogens is 5. The smallest absolute Gasteiger partial charge is 0.238 e. The molecule has 3 heterocycles. The number of rotatable bonds is 6. The molecule has 262 valence electrons. The number of para-hydroxylation sites is 2. The predicted octanol–water partition coefficient (Wildman–Crippen LogP) is 12.7. The van der Waals surface area contributed by atoms with Gasteiger partial charge in [0.1, 0.15) is 0 Å². The third-order valence-corrected chi connectivity index (χ3v) is 10.0. The SMILES string of the molecule is [2H]c1c([2H])c([2H])c2c(c1[2H])c1c3c4c([2H])c([2H])c([2H])c([2H])c4n(-c4nc(-c5ccccc5)nc(-c5cccc(-c6ccccc6)c5)n4)c3c([2H])c([2H])c1n2-c1cccc(-c2ccccc2)c1. The van der Waals surface area contributed by atoms with E-state index < -0.39 is 48.3 Å². The summed E-state index contributed by atoms with van der Waals surface area (Å²) in [5, 5.41) is 0.175. The number of nitrogens with zero attached hydrogens (tertiary/aromatic N) is 5. The summed E-state index contributed by atoms with van der Waals surface area (Å²) in [4.78, 5) is 14.9. The van der Waals surface area contributed by atoms with Crippen molar-refractivity contribution in [2.45, 2.75) is 0 Å². The Hall–Kier alpha value is -7.63. The maximum Gasteiger partial charge on any atom is 0.238 e. The van der Waals surface area contributed by atoms with Crippen LogP contribution in [0.4, 0.5) is 0 Å². The first-order valence-corrected chi connectivity index (χ1v) is 18.1. The van der Waals surface area contributed by atoms with Crippen molar-refractivity contribution in [2.24, 2.45) is 0 Å². The molecule has 0 N–H and O–H groups in total. The Morgan fingerprint density at radius 2 is 0.821 bits per heavy atom. The van der Waals surface area contributed by atoms with Crippen molar-refractivity contribution in [2.75, 3.05) is 0 Å². The van der Waals surface area contributed by atoms with Crippen molar-refractivity contribution >= 4 is 43.6 Å². The fraction of sp³-hybridized carbons (Fsp3) is 0. The van der Waals surface area contributed by atoms with Crippen LogP contribution in [0.3, 0.4) is 0 Å². The molecule has 0 saturated heterocycles. The first-order valence-electron chi connectivity index (χ1n) is 23.1. The van der Waals surface area contributed by atoms with Crippen LogP contribution >= 0.6 is 0 Å². The molecule has 8 aromatic carbocycles. The highest BCUT2D eigenvalue weighted by Gasteiger charge is 2.22. The van der Waals surface area contributed by atoms with E-state index in [1.165, 1.54) is 4.57 Å². The Kier molecular flexibility index (Phi) is 5.41. The molecule has 0 amide bonds. The summed E-state index contributed by atoms with van der Waals surface area (Å²) >= 11 is 0. The second-order valence-electron chi connectivity index (χ2n) is 13.3. The fourth-order valence-electron chi connectivity index (χ4n) is 7.53. The third kappa shape index (κ3) is 5.21. The van der Waals surface area contributed by atoms with Gasteiger partial charge in [-0.15, -0.1) is 0 Å². The van der Waals surface area contributed by atoms with Gasteiger partial charge in [0, 0.05) is 38.4 Å². The first kappa shape index (κ1) is 23.2. The van der Waals surface area contributed by atoms with E-state index in [0.29, 0.717) is 16.8 Å². The van der Waals surface area contributed by atoms with Crippen molar-refractivity contribution in [3.63, 3.8) is 0 Å². The van der Waals surface area contributed by atoms with Gasteiger partial charge in [-0.3, -0.25) is 4.57 Å². The summed E-state index contributed by atoms with van der Waals surface area (Å²) in [6.07, 6.45) is 0. The van der Waals surface area contributed by atoms with Crippen LogP contribution in [0.2, 0.25) is 0 Å². The number of hydrogen-bond donors (Lipinski definition) is 0. The predicted molar refractivity (Wildman–Crippen MR) is 230 cm³/mol. The molecule has 0 fully saturated rings. The average Bonchev–Trinajstić information content (AvgIpc) is 3.91. The van der Waals surface area contributed by atoms with Crippen LogP contribution < -0.4 is 0 Å². The van der Waals surface area contributed by atoms with E-state index >= 15 is 0 Å². The average molecular weight is 726 g/mol. The lowest BCUT2D eigenvalue weighted by Gasteiger charge is -2.12. The van der Waals surface area contributed by atoms with Crippen LogP contribution in [0.5, 0.6) is 0 Å². The molecule has 0 unspecified atom stereocenters. The molecule has 0 bridgehead atoms. The molecule has 0 aliphatic carbocycles. The number of hydrogen-bond acceptors (Lipinski definition) is 3. The van der Waals surface area contributed by atoms with E-state index in [2.05, 4.69) is 0 Å². The van der Waals surface area contributed by atoms with E-state index in [0.717, 1.165) is 22.3 Å². The Morgan fingerprint density at radius 1 is 0.357 bits per heavy atom. The molecule has 3 aromatic heterocycles.